The lowest BCUT2D eigenvalue weighted by Crippen LogP contribution is -2.36. The minimum absolute atomic E-state index is 0.00587. The highest BCUT2D eigenvalue weighted by Crippen LogP contribution is 2.27. The van der Waals surface area contributed by atoms with Gasteiger partial charge in [0.1, 0.15) is 11.3 Å². The Labute approximate surface area is 120 Å². The lowest BCUT2D eigenvalue weighted by Gasteiger charge is -2.23. The summed E-state index contributed by atoms with van der Waals surface area (Å²) in [4.78, 5) is 0. The van der Waals surface area contributed by atoms with Gasteiger partial charge in [-0.2, -0.15) is 0 Å². The number of nitrogens with one attached hydrogen (secondary N) is 1. The van der Waals surface area contributed by atoms with Gasteiger partial charge in [0.2, 0.25) is 0 Å². The first kappa shape index (κ1) is 13.7. The number of para-hydroxylation sites is 1. The van der Waals surface area contributed by atoms with Gasteiger partial charge < -0.3 is 14.5 Å². The van der Waals surface area contributed by atoms with Gasteiger partial charge in [0, 0.05) is 37.1 Å². The van der Waals surface area contributed by atoms with E-state index in [4.69, 9.17) is 9.15 Å². The van der Waals surface area contributed by atoms with Crippen LogP contribution in [-0.4, -0.2) is 18.8 Å². The average molecular weight is 273 g/mol. The van der Waals surface area contributed by atoms with Gasteiger partial charge >= 0.3 is 0 Å². The Kier molecular flexibility index (Phi) is 3.81. The molecule has 1 aromatic heterocycles. The summed E-state index contributed by atoms with van der Waals surface area (Å²) in [6.07, 6.45) is 3.25. The molecule has 3 nitrogen and oxygen atoms in total. The Morgan fingerprint density at radius 1 is 1.30 bits per heavy atom. The van der Waals surface area contributed by atoms with Gasteiger partial charge in [-0.3, -0.25) is 0 Å². The minimum atomic E-state index is 0.00587. The van der Waals surface area contributed by atoms with E-state index in [-0.39, 0.29) is 5.60 Å². The highest BCUT2D eigenvalue weighted by molar-refractivity contribution is 5.82. The molecule has 3 rings (SSSR count). The molecule has 1 aliphatic rings. The molecule has 3 heteroatoms. The second-order valence-corrected chi connectivity index (χ2v) is 5.86. The maximum Gasteiger partial charge on any atom is 0.134 e. The zero-order valence-electron chi connectivity index (χ0n) is 12.4. The summed E-state index contributed by atoms with van der Waals surface area (Å²) in [5.41, 5.74) is 2.29. The van der Waals surface area contributed by atoms with Crippen molar-refractivity contribution in [1.82, 2.24) is 5.32 Å². The van der Waals surface area contributed by atoms with Crippen LogP contribution in [0, 0.1) is 0 Å². The number of furan rings is 1. The molecule has 1 aromatic carbocycles. The van der Waals surface area contributed by atoms with Crippen molar-refractivity contribution in [2.24, 2.45) is 0 Å². The first-order valence-electron chi connectivity index (χ1n) is 7.56. The zero-order valence-corrected chi connectivity index (χ0v) is 12.4. The fourth-order valence-corrected chi connectivity index (χ4v) is 3.06. The Balaban J connectivity index is 1.73. The standard InChI is InChI=1S/C17H23NO2/c1-3-15-14(13-7-4-5-8-16(13)20-15)11-18-12-17(2)9-6-10-19-17/h4-5,7-8,18H,3,6,9-12H2,1-2H3. The summed E-state index contributed by atoms with van der Waals surface area (Å²) in [6.45, 7) is 6.98. The molecule has 2 aromatic rings. The van der Waals surface area contributed by atoms with Crippen LogP contribution in [0.4, 0.5) is 0 Å². The van der Waals surface area contributed by atoms with E-state index < -0.39 is 0 Å². The molecule has 0 bridgehead atoms. The molecule has 0 aliphatic carbocycles. The van der Waals surface area contributed by atoms with E-state index in [9.17, 15) is 0 Å². The Morgan fingerprint density at radius 2 is 2.15 bits per heavy atom. The Bertz CT molecular complexity index is 582. The monoisotopic (exact) mass is 273 g/mol. The quantitative estimate of drug-likeness (QED) is 0.903. The second-order valence-electron chi connectivity index (χ2n) is 5.86. The van der Waals surface area contributed by atoms with Crippen molar-refractivity contribution < 1.29 is 9.15 Å². The molecule has 1 unspecified atom stereocenters. The molecular formula is C17H23NO2. The number of ether oxygens (including phenoxy) is 1. The SMILES string of the molecule is CCc1oc2ccccc2c1CNCC1(C)CCCO1. The van der Waals surface area contributed by atoms with Crippen LogP contribution < -0.4 is 5.32 Å². The molecule has 0 saturated carbocycles. The van der Waals surface area contributed by atoms with E-state index in [0.717, 1.165) is 43.9 Å². The van der Waals surface area contributed by atoms with Crippen LogP contribution in [0.3, 0.4) is 0 Å². The molecule has 1 atom stereocenters. The van der Waals surface area contributed by atoms with E-state index >= 15 is 0 Å². The number of aryl methyl sites for hydroxylation is 1. The van der Waals surface area contributed by atoms with Crippen molar-refractivity contribution in [3.05, 3.63) is 35.6 Å². The highest BCUT2D eigenvalue weighted by Gasteiger charge is 2.29. The van der Waals surface area contributed by atoms with Crippen LogP contribution >= 0.6 is 0 Å². The summed E-state index contributed by atoms with van der Waals surface area (Å²) in [5, 5.41) is 4.78. The normalized spacial score (nSPS) is 22.7. The average Bonchev–Trinajstić information content (AvgIpc) is 3.04. The number of hydrogen-bond donors (Lipinski definition) is 1. The molecule has 2 heterocycles. The molecule has 0 radical (unpaired) electrons. The van der Waals surface area contributed by atoms with Crippen molar-refractivity contribution in [2.75, 3.05) is 13.2 Å². The Hall–Kier alpha value is -1.32. The number of fused-ring (bicyclic) bond motifs is 1. The fourth-order valence-electron chi connectivity index (χ4n) is 3.06. The predicted octanol–water partition coefficient (Wildman–Crippen LogP) is 3.65. The van der Waals surface area contributed by atoms with Gasteiger partial charge in [-0.05, 0) is 25.8 Å². The fraction of sp³-hybridized carbons (Fsp3) is 0.529. The predicted molar refractivity (Wildman–Crippen MR) is 80.9 cm³/mol. The molecule has 1 saturated heterocycles. The van der Waals surface area contributed by atoms with E-state index in [1.54, 1.807) is 0 Å². The van der Waals surface area contributed by atoms with Crippen molar-refractivity contribution in [2.45, 2.75) is 45.3 Å². The molecule has 1 aliphatic heterocycles. The third-order valence-corrected chi connectivity index (χ3v) is 4.20. The number of hydrogen-bond acceptors (Lipinski definition) is 3. The lowest BCUT2D eigenvalue weighted by atomic mass is 10.0. The maximum absolute atomic E-state index is 5.92. The van der Waals surface area contributed by atoms with Gasteiger partial charge in [-0.15, -0.1) is 0 Å². The molecule has 20 heavy (non-hydrogen) atoms. The number of benzene rings is 1. The van der Waals surface area contributed by atoms with Crippen molar-refractivity contribution in [1.29, 1.82) is 0 Å². The molecule has 1 fully saturated rings. The molecule has 0 amide bonds. The summed E-state index contributed by atoms with van der Waals surface area (Å²) >= 11 is 0. The van der Waals surface area contributed by atoms with Crippen LogP contribution in [-0.2, 0) is 17.7 Å². The van der Waals surface area contributed by atoms with E-state index in [1.807, 2.05) is 12.1 Å². The molecule has 0 spiro atoms. The van der Waals surface area contributed by atoms with E-state index in [1.165, 1.54) is 17.4 Å². The maximum atomic E-state index is 5.92. The van der Waals surface area contributed by atoms with Crippen LogP contribution in [0.1, 0.15) is 38.0 Å². The summed E-state index contributed by atoms with van der Waals surface area (Å²) in [7, 11) is 0. The van der Waals surface area contributed by atoms with Crippen LogP contribution in [0.2, 0.25) is 0 Å². The Morgan fingerprint density at radius 3 is 2.90 bits per heavy atom. The van der Waals surface area contributed by atoms with E-state index in [2.05, 4.69) is 31.3 Å². The topological polar surface area (TPSA) is 34.4 Å². The zero-order chi connectivity index (χ0) is 14.0. The second kappa shape index (κ2) is 5.58. The molecular weight excluding hydrogens is 250 g/mol. The molecule has 1 N–H and O–H groups in total. The largest absolute Gasteiger partial charge is 0.461 e. The lowest BCUT2D eigenvalue weighted by molar-refractivity contribution is 0.0206. The van der Waals surface area contributed by atoms with Crippen LogP contribution in [0.25, 0.3) is 11.0 Å². The van der Waals surface area contributed by atoms with Gasteiger partial charge in [0.25, 0.3) is 0 Å². The highest BCUT2D eigenvalue weighted by atomic mass is 16.5. The van der Waals surface area contributed by atoms with E-state index in [0.29, 0.717) is 0 Å². The summed E-state index contributed by atoms with van der Waals surface area (Å²) in [5.74, 6) is 1.09. The van der Waals surface area contributed by atoms with Gasteiger partial charge in [0.15, 0.2) is 0 Å². The minimum Gasteiger partial charge on any atom is -0.461 e. The third kappa shape index (κ3) is 2.60. The first-order valence-corrected chi connectivity index (χ1v) is 7.56. The van der Waals surface area contributed by atoms with Crippen LogP contribution in [0.15, 0.2) is 28.7 Å². The smallest absolute Gasteiger partial charge is 0.134 e. The van der Waals surface area contributed by atoms with Crippen molar-refractivity contribution in [3.63, 3.8) is 0 Å². The summed E-state index contributed by atoms with van der Waals surface area (Å²) < 4.78 is 11.7. The first-order chi connectivity index (χ1) is 9.72. The number of rotatable bonds is 5. The van der Waals surface area contributed by atoms with Gasteiger partial charge in [-0.1, -0.05) is 25.1 Å². The van der Waals surface area contributed by atoms with Gasteiger partial charge in [-0.25, -0.2) is 0 Å². The van der Waals surface area contributed by atoms with Crippen molar-refractivity contribution >= 4 is 11.0 Å². The molecule has 108 valence electrons. The van der Waals surface area contributed by atoms with Gasteiger partial charge in [0.05, 0.1) is 5.60 Å². The van der Waals surface area contributed by atoms with Crippen molar-refractivity contribution in [3.8, 4) is 0 Å². The van der Waals surface area contributed by atoms with Crippen LogP contribution in [0.5, 0.6) is 0 Å². The summed E-state index contributed by atoms with van der Waals surface area (Å²) in [6, 6.07) is 8.28. The third-order valence-electron chi connectivity index (χ3n) is 4.20.